The fourth-order valence-electron chi connectivity index (χ4n) is 2.34. The van der Waals surface area contributed by atoms with E-state index in [1.54, 1.807) is 19.2 Å². The van der Waals surface area contributed by atoms with Crippen LogP contribution in [0.4, 0.5) is 0 Å². The van der Waals surface area contributed by atoms with Gasteiger partial charge in [0, 0.05) is 13.7 Å². The Morgan fingerprint density at radius 2 is 1.91 bits per heavy atom. The number of H-pyrrole nitrogens is 1. The van der Waals surface area contributed by atoms with Crippen LogP contribution in [0.25, 0.3) is 5.69 Å². The molecule has 0 saturated carbocycles. The predicted molar refractivity (Wildman–Crippen MR) is 82.5 cm³/mol. The van der Waals surface area contributed by atoms with Gasteiger partial charge in [-0.3, -0.25) is 4.57 Å². The van der Waals surface area contributed by atoms with Gasteiger partial charge in [-0.05, 0) is 31.4 Å². The Morgan fingerprint density at radius 3 is 2.55 bits per heavy atom. The molecule has 0 fully saturated rings. The Labute approximate surface area is 128 Å². The van der Waals surface area contributed by atoms with E-state index in [4.69, 9.17) is 9.47 Å². The third kappa shape index (κ3) is 3.46. The smallest absolute Gasteiger partial charge is 0.357 e. The number of aryl methyl sites for hydroxylation is 1. The molecule has 0 aliphatic carbocycles. The van der Waals surface area contributed by atoms with Crippen molar-refractivity contribution >= 4 is 5.97 Å². The lowest BCUT2D eigenvalue weighted by Gasteiger charge is -2.07. The fraction of sp³-hybridized carbons (Fsp3) is 0.375. The summed E-state index contributed by atoms with van der Waals surface area (Å²) in [5.74, 6) is -0.524. The van der Waals surface area contributed by atoms with Gasteiger partial charge >= 0.3 is 11.7 Å². The number of carbonyl (C=O) groups excluding carboxylic acids is 1. The number of nitrogens with zero attached hydrogens (tertiary/aromatic N) is 1. The Morgan fingerprint density at radius 1 is 1.18 bits per heavy atom. The predicted octanol–water partition coefficient (Wildman–Crippen LogP) is 1.92. The summed E-state index contributed by atoms with van der Waals surface area (Å²) in [6, 6.07) is 9.03. The second kappa shape index (κ2) is 7.61. The lowest BCUT2D eigenvalue weighted by atomic mass is 10.1. The van der Waals surface area contributed by atoms with Crippen molar-refractivity contribution in [3.8, 4) is 5.69 Å². The number of imidazole rings is 1. The Kier molecular flexibility index (Phi) is 5.55. The molecule has 118 valence electrons. The number of rotatable bonds is 7. The number of nitrogens with one attached hydrogen (secondary N) is 1. The first-order valence-corrected chi connectivity index (χ1v) is 7.15. The number of aromatic nitrogens is 2. The van der Waals surface area contributed by atoms with E-state index in [-0.39, 0.29) is 11.4 Å². The van der Waals surface area contributed by atoms with E-state index >= 15 is 0 Å². The zero-order chi connectivity index (χ0) is 15.9. The van der Waals surface area contributed by atoms with Crippen LogP contribution in [0, 0.1) is 0 Å². The van der Waals surface area contributed by atoms with Crippen LogP contribution in [0.3, 0.4) is 0 Å². The third-order valence-corrected chi connectivity index (χ3v) is 3.39. The standard InChI is InChI=1S/C16H20N2O4/c1-21-11-7-6-10-13-14(15(19)22-2)18(16(20)17-13)12-8-4-3-5-9-12/h3-5,8-9H,6-7,10-11H2,1-2H3,(H,17,20). The molecule has 2 rings (SSSR count). The summed E-state index contributed by atoms with van der Waals surface area (Å²) >= 11 is 0. The Bertz CT molecular complexity index is 673. The lowest BCUT2D eigenvalue weighted by Crippen LogP contribution is -2.19. The summed E-state index contributed by atoms with van der Waals surface area (Å²) in [6.45, 7) is 0.650. The van der Waals surface area contributed by atoms with Crippen LogP contribution in [0.1, 0.15) is 29.0 Å². The van der Waals surface area contributed by atoms with Gasteiger partial charge in [-0.25, -0.2) is 9.59 Å². The van der Waals surface area contributed by atoms with Crippen LogP contribution in [0.5, 0.6) is 0 Å². The summed E-state index contributed by atoms with van der Waals surface area (Å²) < 4.78 is 11.2. The molecule has 0 aliphatic heterocycles. The Hall–Kier alpha value is -2.34. The molecule has 0 aliphatic rings. The molecular weight excluding hydrogens is 284 g/mol. The topological polar surface area (TPSA) is 73.3 Å². The van der Waals surface area contributed by atoms with Gasteiger partial charge in [0.15, 0.2) is 5.69 Å². The van der Waals surface area contributed by atoms with E-state index < -0.39 is 5.97 Å². The molecule has 0 atom stereocenters. The van der Waals surface area contributed by atoms with E-state index in [1.165, 1.54) is 11.7 Å². The van der Waals surface area contributed by atoms with Crippen molar-refractivity contribution in [1.29, 1.82) is 0 Å². The second-order valence-electron chi connectivity index (χ2n) is 4.87. The van der Waals surface area contributed by atoms with E-state index in [0.29, 0.717) is 24.4 Å². The van der Waals surface area contributed by atoms with Crippen molar-refractivity contribution in [1.82, 2.24) is 9.55 Å². The first-order valence-electron chi connectivity index (χ1n) is 7.15. The highest BCUT2D eigenvalue weighted by Crippen LogP contribution is 2.15. The third-order valence-electron chi connectivity index (χ3n) is 3.39. The largest absolute Gasteiger partial charge is 0.464 e. The van der Waals surface area contributed by atoms with Crippen molar-refractivity contribution < 1.29 is 14.3 Å². The van der Waals surface area contributed by atoms with E-state index in [2.05, 4.69) is 4.98 Å². The number of benzene rings is 1. The molecular formula is C16H20N2O4. The van der Waals surface area contributed by atoms with Crippen LogP contribution in [0.2, 0.25) is 0 Å². The van der Waals surface area contributed by atoms with Crippen molar-refractivity contribution in [2.24, 2.45) is 0 Å². The van der Waals surface area contributed by atoms with Crippen molar-refractivity contribution in [2.75, 3.05) is 20.8 Å². The fourth-order valence-corrected chi connectivity index (χ4v) is 2.34. The van der Waals surface area contributed by atoms with Gasteiger partial charge in [0.05, 0.1) is 18.5 Å². The zero-order valence-electron chi connectivity index (χ0n) is 12.8. The van der Waals surface area contributed by atoms with Crippen LogP contribution in [-0.2, 0) is 15.9 Å². The molecule has 1 aromatic carbocycles. The summed E-state index contributed by atoms with van der Waals surface area (Å²) in [5.41, 5.74) is 1.15. The summed E-state index contributed by atoms with van der Waals surface area (Å²) in [5, 5.41) is 0. The molecule has 2 aromatic rings. The minimum absolute atomic E-state index is 0.260. The molecule has 1 aromatic heterocycles. The average molecular weight is 304 g/mol. The lowest BCUT2D eigenvalue weighted by molar-refractivity contribution is 0.0590. The van der Waals surface area contributed by atoms with Gasteiger partial charge in [0.25, 0.3) is 0 Å². The molecule has 0 radical (unpaired) electrons. The molecule has 0 amide bonds. The molecule has 1 N–H and O–H groups in total. The first-order chi connectivity index (χ1) is 10.7. The highest BCUT2D eigenvalue weighted by atomic mass is 16.5. The molecule has 1 heterocycles. The number of ether oxygens (including phenoxy) is 2. The second-order valence-corrected chi connectivity index (χ2v) is 4.87. The molecule has 0 bridgehead atoms. The van der Waals surface area contributed by atoms with E-state index in [9.17, 15) is 9.59 Å². The maximum absolute atomic E-state index is 12.2. The number of unbranched alkanes of at least 4 members (excludes halogenated alkanes) is 1. The highest BCUT2D eigenvalue weighted by Gasteiger charge is 2.22. The van der Waals surface area contributed by atoms with E-state index in [0.717, 1.165) is 12.8 Å². The molecule has 6 nitrogen and oxygen atoms in total. The van der Waals surface area contributed by atoms with Gasteiger partial charge in [-0.1, -0.05) is 18.2 Å². The number of hydrogen-bond donors (Lipinski definition) is 1. The molecule has 22 heavy (non-hydrogen) atoms. The number of esters is 1. The van der Waals surface area contributed by atoms with Crippen molar-refractivity contribution in [3.63, 3.8) is 0 Å². The van der Waals surface area contributed by atoms with Crippen molar-refractivity contribution in [3.05, 3.63) is 52.2 Å². The van der Waals surface area contributed by atoms with Crippen LogP contribution < -0.4 is 5.69 Å². The maximum Gasteiger partial charge on any atom is 0.357 e. The Balaban J connectivity index is 2.39. The normalized spacial score (nSPS) is 10.6. The number of methoxy groups -OCH3 is 2. The average Bonchev–Trinajstić information content (AvgIpc) is 2.88. The van der Waals surface area contributed by atoms with Gasteiger partial charge in [-0.2, -0.15) is 0 Å². The maximum atomic E-state index is 12.2. The molecule has 0 spiro atoms. The highest BCUT2D eigenvalue weighted by molar-refractivity contribution is 5.89. The monoisotopic (exact) mass is 304 g/mol. The molecule has 6 heteroatoms. The number of aromatic amines is 1. The quantitative estimate of drug-likeness (QED) is 0.626. The van der Waals surface area contributed by atoms with Gasteiger partial charge in [0.1, 0.15) is 0 Å². The first kappa shape index (κ1) is 16.0. The number of para-hydroxylation sites is 1. The number of carbonyl (C=O) groups is 1. The summed E-state index contributed by atoms with van der Waals surface area (Å²) in [7, 11) is 2.96. The SMILES string of the molecule is COCCCCc1[nH]c(=O)n(-c2ccccc2)c1C(=O)OC. The minimum atomic E-state index is -0.524. The molecule has 0 unspecified atom stereocenters. The zero-order valence-corrected chi connectivity index (χ0v) is 12.8. The van der Waals surface area contributed by atoms with Crippen LogP contribution >= 0.6 is 0 Å². The van der Waals surface area contributed by atoms with Crippen LogP contribution in [0.15, 0.2) is 35.1 Å². The van der Waals surface area contributed by atoms with Gasteiger partial charge < -0.3 is 14.5 Å². The van der Waals surface area contributed by atoms with Gasteiger partial charge in [0.2, 0.25) is 0 Å². The summed E-state index contributed by atoms with van der Waals surface area (Å²) in [4.78, 5) is 27.1. The van der Waals surface area contributed by atoms with E-state index in [1.807, 2.05) is 18.2 Å². The van der Waals surface area contributed by atoms with Crippen LogP contribution in [-0.4, -0.2) is 36.3 Å². The summed E-state index contributed by atoms with van der Waals surface area (Å²) in [6.07, 6.45) is 2.26. The molecule has 0 saturated heterocycles. The minimum Gasteiger partial charge on any atom is -0.464 e. The van der Waals surface area contributed by atoms with Gasteiger partial charge in [-0.15, -0.1) is 0 Å². The number of hydrogen-bond acceptors (Lipinski definition) is 4. The van der Waals surface area contributed by atoms with Crippen molar-refractivity contribution in [2.45, 2.75) is 19.3 Å².